The molecular weight excluding hydrogens is 338 g/mol. The van der Waals surface area contributed by atoms with Gasteiger partial charge in [-0.05, 0) is 41.8 Å². The fourth-order valence-electron chi connectivity index (χ4n) is 3.48. The van der Waals surface area contributed by atoms with Crippen LogP contribution in [0, 0.1) is 6.92 Å². The molecule has 5 rings (SSSR count). The summed E-state index contributed by atoms with van der Waals surface area (Å²) in [6.07, 6.45) is 0. The molecule has 0 spiro atoms. The third-order valence-corrected chi connectivity index (χ3v) is 6.20. The van der Waals surface area contributed by atoms with Gasteiger partial charge >= 0.3 is 5.71 Å². The first-order chi connectivity index (χ1) is 12.7. The van der Waals surface area contributed by atoms with E-state index in [1.54, 1.807) is 11.3 Å². The van der Waals surface area contributed by atoms with Crippen LogP contribution < -0.4 is 4.57 Å². The van der Waals surface area contributed by atoms with Crippen LogP contribution in [0.15, 0.2) is 77.2 Å². The Hall–Kier alpha value is -2.91. The topological polar surface area (TPSA) is 17.0 Å². The summed E-state index contributed by atoms with van der Waals surface area (Å²) in [5, 5.41) is 2.41. The van der Waals surface area contributed by atoms with Crippen LogP contribution in [-0.4, -0.2) is 0 Å². The molecule has 26 heavy (non-hydrogen) atoms. The predicted octanol–water partition coefficient (Wildman–Crippen LogP) is 6.11. The highest BCUT2D eigenvalue weighted by Gasteiger charge is 2.26. The number of rotatable bonds is 2. The lowest BCUT2D eigenvalue weighted by Gasteiger charge is -2.06. The van der Waals surface area contributed by atoms with Gasteiger partial charge in [0, 0.05) is 5.39 Å². The van der Waals surface area contributed by atoms with Crippen molar-refractivity contribution in [3.05, 3.63) is 78.4 Å². The van der Waals surface area contributed by atoms with Crippen molar-refractivity contribution in [1.82, 2.24) is 0 Å². The standard InChI is InChI=1S/C23H18NOS/c1-15-12-13-17(16-8-4-3-5-9-16)14-19(15)23-24(2)22-21(26-23)18-10-6-7-11-20(18)25-22/h3-14H,1-2H3/q+1. The molecule has 0 radical (unpaired) electrons. The third-order valence-electron chi connectivity index (χ3n) is 4.92. The highest BCUT2D eigenvalue weighted by atomic mass is 32.1. The van der Waals surface area contributed by atoms with E-state index in [1.165, 1.54) is 37.3 Å². The first kappa shape index (κ1) is 15.4. The minimum atomic E-state index is 0.940. The number of nitrogens with zero attached hydrogens (tertiary/aromatic N) is 1. The Balaban J connectivity index is 1.74. The molecule has 2 nitrogen and oxygen atoms in total. The van der Waals surface area contributed by atoms with Crippen molar-refractivity contribution >= 4 is 32.7 Å². The summed E-state index contributed by atoms with van der Waals surface area (Å²) in [4.78, 5) is 0. The van der Waals surface area contributed by atoms with Crippen LogP contribution in [0.3, 0.4) is 0 Å². The van der Waals surface area contributed by atoms with Crippen LogP contribution in [0.4, 0.5) is 0 Å². The normalized spacial score (nSPS) is 11.5. The van der Waals surface area contributed by atoms with E-state index in [4.69, 9.17) is 4.42 Å². The van der Waals surface area contributed by atoms with Crippen LogP contribution in [0.25, 0.3) is 43.1 Å². The number of benzene rings is 3. The number of aromatic nitrogens is 1. The second kappa shape index (κ2) is 5.82. The Morgan fingerprint density at radius 1 is 0.846 bits per heavy atom. The number of para-hydroxylation sites is 1. The van der Waals surface area contributed by atoms with Gasteiger partial charge in [-0.3, -0.25) is 0 Å². The first-order valence-corrected chi connectivity index (χ1v) is 9.50. The van der Waals surface area contributed by atoms with E-state index in [9.17, 15) is 0 Å². The Bertz CT molecular complexity index is 1250. The maximum atomic E-state index is 6.11. The Morgan fingerprint density at radius 3 is 2.46 bits per heavy atom. The molecule has 2 heterocycles. The summed E-state index contributed by atoms with van der Waals surface area (Å²) in [5.41, 5.74) is 6.90. The molecular formula is C23H18NOS+. The summed E-state index contributed by atoms with van der Waals surface area (Å²) in [6.45, 7) is 2.17. The number of hydrogen-bond donors (Lipinski definition) is 0. The molecule has 0 amide bonds. The van der Waals surface area contributed by atoms with Gasteiger partial charge in [-0.1, -0.05) is 65.9 Å². The predicted molar refractivity (Wildman–Crippen MR) is 108 cm³/mol. The molecule has 5 aromatic rings. The summed E-state index contributed by atoms with van der Waals surface area (Å²) in [7, 11) is 2.09. The van der Waals surface area contributed by atoms with Crippen LogP contribution in [0.5, 0.6) is 0 Å². The number of hydrogen-bond acceptors (Lipinski definition) is 2. The molecule has 0 aliphatic heterocycles. The van der Waals surface area contributed by atoms with Gasteiger partial charge in [-0.2, -0.15) is 4.57 Å². The molecule has 0 fully saturated rings. The van der Waals surface area contributed by atoms with Crippen molar-refractivity contribution in [1.29, 1.82) is 0 Å². The van der Waals surface area contributed by atoms with Crippen molar-refractivity contribution in [3.63, 3.8) is 0 Å². The Labute approximate surface area is 156 Å². The van der Waals surface area contributed by atoms with E-state index in [1.807, 2.05) is 12.1 Å². The molecule has 0 saturated heterocycles. The Kier molecular flexibility index (Phi) is 3.44. The van der Waals surface area contributed by atoms with Gasteiger partial charge < -0.3 is 4.42 Å². The quantitative estimate of drug-likeness (QED) is 0.349. The smallest absolute Gasteiger partial charge is 0.393 e. The second-order valence-electron chi connectivity index (χ2n) is 6.59. The van der Waals surface area contributed by atoms with Gasteiger partial charge in [0.2, 0.25) is 0 Å². The number of aryl methyl sites for hydroxylation is 2. The van der Waals surface area contributed by atoms with Crippen LogP contribution in [-0.2, 0) is 7.05 Å². The number of thiazole rings is 1. The van der Waals surface area contributed by atoms with E-state index < -0.39 is 0 Å². The van der Waals surface area contributed by atoms with Crippen molar-refractivity contribution in [2.75, 3.05) is 0 Å². The fraction of sp³-hybridized carbons (Fsp3) is 0.0870. The highest BCUT2D eigenvalue weighted by Crippen LogP contribution is 2.37. The van der Waals surface area contributed by atoms with E-state index in [0.717, 1.165) is 11.3 Å². The van der Waals surface area contributed by atoms with Crippen molar-refractivity contribution in [3.8, 4) is 21.7 Å². The number of furan rings is 1. The largest absolute Gasteiger partial charge is 0.403 e. The van der Waals surface area contributed by atoms with Crippen LogP contribution >= 0.6 is 11.3 Å². The first-order valence-electron chi connectivity index (χ1n) is 8.69. The lowest BCUT2D eigenvalue weighted by molar-refractivity contribution is -0.636. The van der Waals surface area contributed by atoms with Gasteiger partial charge in [0.1, 0.15) is 12.6 Å². The lowest BCUT2D eigenvalue weighted by Crippen LogP contribution is -2.28. The summed E-state index contributed by atoms with van der Waals surface area (Å²) < 4.78 is 9.50. The zero-order valence-corrected chi connectivity index (χ0v) is 15.5. The highest BCUT2D eigenvalue weighted by molar-refractivity contribution is 7.22. The van der Waals surface area contributed by atoms with E-state index >= 15 is 0 Å². The van der Waals surface area contributed by atoms with Gasteiger partial charge in [-0.25, -0.2) is 0 Å². The average Bonchev–Trinajstić information content (AvgIpc) is 3.20. The van der Waals surface area contributed by atoms with Crippen molar-refractivity contribution in [2.45, 2.75) is 6.92 Å². The lowest BCUT2D eigenvalue weighted by atomic mass is 10.00. The maximum absolute atomic E-state index is 6.11. The van der Waals surface area contributed by atoms with E-state index in [2.05, 4.69) is 79.2 Å². The molecule has 0 atom stereocenters. The average molecular weight is 356 g/mol. The summed E-state index contributed by atoms with van der Waals surface area (Å²) >= 11 is 1.80. The monoisotopic (exact) mass is 356 g/mol. The second-order valence-corrected chi connectivity index (χ2v) is 7.59. The van der Waals surface area contributed by atoms with Crippen molar-refractivity contribution in [2.24, 2.45) is 7.05 Å². The maximum Gasteiger partial charge on any atom is 0.393 e. The molecule has 2 aromatic heterocycles. The minimum Gasteiger partial charge on any atom is -0.403 e. The number of fused-ring (bicyclic) bond motifs is 3. The summed E-state index contributed by atoms with van der Waals surface area (Å²) in [5.74, 6) is 0. The zero-order valence-electron chi connectivity index (χ0n) is 14.7. The molecule has 126 valence electrons. The van der Waals surface area contributed by atoms with Gasteiger partial charge in [0.15, 0.2) is 4.70 Å². The third kappa shape index (κ3) is 2.28. The van der Waals surface area contributed by atoms with Gasteiger partial charge in [0.05, 0.1) is 5.56 Å². The van der Waals surface area contributed by atoms with Gasteiger partial charge in [0.25, 0.3) is 5.01 Å². The molecule has 3 aromatic carbocycles. The SMILES string of the molecule is Cc1ccc(-c2ccccc2)cc1-c1sc2c3ccccc3oc2[n+]1C. The van der Waals surface area contributed by atoms with Crippen LogP contribution in [0.1, 0.15) is 5.56 Å². The zero-order chi connectivity index (χ0) is 17.7. The molecule has 0 N–H and O–H groups in total. The molecule has 0 aliphatic carbocycles. The molecule has 0 bridgehead atoms. The summed E-state index contributed by atoms with van der Waals surface area (Å²) in [6, 6.07) is 25.5. The van der Waals surface area contributed by atoms with Gasteiger partial charge in [-0.15, -0.1) is 0 Å². The molecule has 0 saturated carbocycles. The molecule has 0 aliphatic rings. The van der Waals surface area contributed by atoms with E-state index in [-0.39, 0.29) is 0 Å². The van der Waals surface area contributed by atoms with Crippen molar-refractivity contribution < 1.29 is 8.98 Å². The van der Waals surface area contributed by atoms with E-state index in [0.29, 0.717) is 0 Å². The Morgan fingerprint density at radius 2 is 1.62 bits per heavy atom. The molecule has 0 unspecified atom stereocenters. The minimum absolute atomic E-state index is 0.940. The fourth-order valence-corrected chi connectivity index (χ4v) is 4.77. The van der Waals surface area contributed by atoms with Crippen LogP contribution in [0.2, 0.25) is 0 Å². The molecule has 3 heteroatoms.